The van der Waals surface area contributed by atoms with Gasteiger partial charge in [0.25, 0.3) is 5.91 Å². The molecule has 7 heteroatoms. The lowest BCUT2D eigenvalue weighted by Crippen LogP contribution is -2.27. The van der Waals surface area contributed by atoms with E-state index in [4.69, 9.17) is 17.3 Å². The van der Waals surface area contributed by atoms with Crippen molar-refractivity contribution in [2.45, 2.75) is 18.9 Å². The molecule has 1 aromatic heterocycles. The molecule has 5 nitrogen and oxygen atoms in total. The quantitative estimate of drug-likeness (QED) is 0.466. The molecule has 0 fully saturated rings. The number of hydrogen-bond donors (Lipinski definition) is 4. The Balaban J connectivity index is 1.94. The normalized spacial score (nSPS) is 12.3. The minimum atomic E-state index is -0.573. The second-order valence-corrected chi connectivity index (χ2v) is 6.74. The average Bonchev–Trinajstić information content (AvgIpc) is 3.03. The van der Waals surface area contributed by atoms with Crippen LogP contribution in [0.3, 0.4) is 0 Å². The molecule has 1 unspecified atom stereocenters. The highest BCUT2D eigenvalue weighted by Gasteiger charge is 2.21. The Hall–Kier alpha value is -2.41. The van der Waals surface area contributed by atoms with E-state index in [9.17, 15) is 14.3 Å². The molecule has 142 valence electrons. The van der Waals surface area contributed by atoms with Crippen molar-refractivity contribution < 1.29 is 14.3 Å². The van der Waals surface area contributed by atoms with Crippen LogP contribution in [0.2, 0.25) is 5.02 Å². The Kier molecular flexibility index (Phi) is 6.11. The number of fused-ring (bicyclic) bond motifs is 1. The zero-order valence-electron chi connectivity index (χ0n) is 14.6. The minimum Gasteiger partial charge on any atom is -0.392 e. The molecule has 1 atom stereocenters. The summed E-state index contributed by atoms with van der Waals surface area (Å²) in [5.41, 5.74) is 7.56. The van der Waals surface area contributed by atoms with Crippen molar-refractivity contribution in [3.05, 3.63) is 59.0 Å². The largest absolute Gasteiger partial charge is 0.392 e. The summed E-state index contributed by atoms with van der Waals surface area (Å²) in [4.78, 5) is 15.8. The van der Waals surface area contributed by atoms with Crippen molar-refractivity contribution in [2.24, 2.45) is 5.73 Å². The summed E-state index contributed by atoms with van der Waals surface area (Å²) < 4.78 is 13.8. The third kappa shape index (κ3) is 4.30. The number of aliphatic hydroxyl groups excluding tert-OH is 1. The monoisotopic (exact) mass is 389 g/mol. The lowest BCUT2D eigenvalue weighted by Gasteiger charge is -2.10. The molecule has 3 aromatic rings. The van der Waals surface area contributed by atoms with E-state index in [0.717, 1.165) is 0 Å². The summed E-state index contributed by atoms with van der Waals surface area (Å²) in [7, 11) is 0. The van der Waals surface area contributed by atoms with E-state index in [2.05, 4.69) is 10.3 Å². The molecule has 0 radical (unpaired) electrons. The highest BCUT2D eigenvalue weighted by atomic mass is 35.5. The second-order valence-electron chi connectivity index (χ2n) is 6.33. The van der Waals surface area contributed by atoms with Gasteiger partial charge in [-0.1, -0.05) is 29.8 Å². The van der Waals surface area contributed by atoms with E-state index >= 15 is 0 Å². The number of carbonyl (C=O) groups excluding carboxylic acids is 1. The summed E-state index contributed by atoms with van der Waals surface area (Å²) in [5, 5.41) is 13.4. The molecule has 1 amide bonds. The Morgan fingerprint density at radius 1 is 1.30 bits per heavy atom. The molecule has 0 aliphatic heterocycles. The van der Waals surface area contributed by atoms with Gasteiger partial charge in [-0.05, 0) is 37.1 Å². The van der Waals surface area contributed by atoms with Gasteiger partial charge in [0.2, 0.25) is 0 Å². The Labute approximate surface area is 161 Å². The molecule has 27 heavy (non-hydrogen) atoms. The fraction of sp³-hybridized carbons (Fsp3) is 0.250. The van der Waals surface area contributed by atoms with E-state index in [1.54, 1.807) is 24.3 Å². The van der Waals surface area contributed by atoms with Gasteiger partial charge >= 0.3 is 0 Å². The van der Waals surface area contributed by atoms with E-state index < -0.39 is 11.9 Å². The minimum absolute atomic E-state index is 0.193. The highest BCUT2D eigenvalue weighted by molar-refractivity contribution is 6.34. The summed E-state index contributed by atoms with van der Waals surface area (Å²) >= 11 is 6.33. The lowest BCUT2D eigenvalue weighted by atomic mass is 10.0. The number of aromatic amines is 1. The zero-order chi connectivity index (χ0) is 19.4. The molecule has 3 rings (SSSR count). The first-order valence-corrected chi connectivity index (χ1v) is 9.11. The van der Waals surface area contributed by atoms with Crippen LogP contribution in [0.25, 0.3) is 22.0 Å². The fourth-order valence-electron chi connectivity index (χ4n) is 3.02. The predicted octanol–water partition coefficient (Wildman–Crippen LogP) is 3.46. The molecule has 2 aromatic carbocycles. The van der Waals surface area contributed by atoms with Crippen LogP contribution in [0, 0.1) is 5.82 Å². The summed E-state index contributed by atoms with van der Waals surface area (Å²) in [6, 6.07) is 11.5. The molecule has 0 aliphatic carbocycles. The van der Waals surface area contributed by atoms with Crippen LogP contribution in [-0.4, -0.2) is 35.2 Å². The molecule has 0 saturated heterocycles. The van der Waals surface area contributed by atoms with E-state index in [1.165, 1.54) is 12.1 Å². The van der Waals surface area contributed by atoms with Crippen LogP contribution >= 0.6 is 11.6 Å². The summed E-state index contributed by atoms with van der Waals surface area (Å²) in [6.45, 7) is 0.583. The van der Waals surface area contributed by atoms with Gasteiger partial charge in [0, 0.05) is 40.1 Å². The number of aliphatic hydroxyl groups is 1. The van der Waals surface area contributed by atoms with Gasteiger partial charge in [0.1, 0.15) is 11.5 Å². The Bertz CT molecular complexity index is 958. The average molecular weight is 390 g/mol. The number of rotatable bonds is 7. The lowest BCUT2D eigenvalue weighted by molar-refractivity contribution is 0.0945. The first-order valence-electron chi connectivity index (χ1n) is 8.73. The molecule has 0 aliphatic rings. The number of nitrogens with one attached hydrogen (secondary N) is 2. The summed E-state index contributed by atoms with van der Waals surface area (Å²) in [5.74, 6) is -0.707. The standard InChI is InChI=1S/C20H21ClFN3O2/c21-16-6-2-1-5-14(16)18-15-10-12(22)7-8-17(15)25-19(18)20(27)24-9-3-4-13(26)11-23/h1-2,5-8,10,13,25-26H,3-4,9,11,23H2,(H,24,27). The second kappa shape index (κ2) is 8.52. The fourth-order valence-corrected chi connectivity index (χ4v) is 3.25. The molecule has 0 saturated carbocycles. The van der Waals surface area contributed by atoms with Gasteiger partial charge in [-0.15, -0.1) is 0 Å². The third-order valence-electron chi connectivity index (χ3n) is 4.40. The van der Waals surface area contributed by atoms with E-state index in [0.29, 0.717) is 52.1 Å². The van der Waals surface area contributed by atoms with Crippen molar-refractivity contribution in [1.82, 2.24) is 10.3 Å². The number of H-pyrrole nitrogens is 1. The van der Waals surface area contributed by atoms with Crippen LogP contribution < -0.4 is 11.1 Å². The maximum atomic E-state index is 13.8. The third-order valence-corrected chi connectivity index (χ3v) is 4.73. The molecular formula is C20H21ClFN3O2. The Morgan fingerprint density at radius 2 is 2.07 bits per heavy atom. The van der Waals surface area contributed by atoms with Crippen molar-refractivity contribution in [2.75, 3.05) is 13.1 Å². The van der Waals surface area contributed by atoms with Crippen molar-refractivity contribution in [1.29, 1.82) is 0 Å². The van der Waals surface area contributed by atoms with Crippen LogP contribution in [-0.2, 0) is 0 Å². The SMILES string of the molecule is NCC(O)CCCNC(=O)c1[nH]c2ccc(F)cc2c1-c1ccccc1Cl. The van der Waals surface area contributed by atoms with Crippen LogP contribution in [0.15, 0.2) is 42.5 Å². The number of amides is 1. The first-order chi connectivity index (χ1) is 13.0. The van der Waals surface area contributed by atoms with Gasteiger partial charge in [-0.25, -0.2) is 4.39 Å². The zero-order valence-corrected chi connectivity index (χ0v) is 15.4. The smallest absolute Gasteiger partial charge is 0.268 e. The van der Waals surface area contributed by atoms with E-state index in [1.807, 2.05) is 6.07 Å². The maximum Gasteiger partial charge on any atom is 0.268 e. The number of hydrogen-bond acceptors (Lipinski definition) is 3. The molecule has 5 N–H and O–H groups in total. The Morgan fingerprint density at radius 3 is 2.81 bits per heavy atom. The molecule has 0 spiro atoms. The number of halogens is 2. The number of benzene rings is 2. The van der Waals surface area contributed by atoms with Crippen molar-refractivity contribution >= 4 is 28.4 Å². The summed E-state index contributed by atoms with van der Waals surface area (Å²) in [6.07, 6.45) is 0.531. The van der Waals surface area contributed by atoms with E-state index in [-0.39, 0.29) is 12.5 Å². The number of carbonyl (C=O) groups is 1. The first kappa shape index (κ1) is 19.4. The van der Waals surface area contributed by atoms with Crippen molar-refractivity contribution in [3.63, 3.8) is 0 Å². The van der Waals surface area contributed by atoms with Crippen LogP contribution in [0.1, 0.15) is 23.3 Å². The van der Waals surface area contributed by atoms with Crippen LogP contribution in [0.5, 0.6) is 0 Å². The highest BCUT2D eigenvalue weighted by Crippen LogP contribution is 2.36. The van der Waals surface area contributed by atoms with Crippen molar-refractivity contribution in [3.8, 4) is 11.1 Å². The topological polar surface area (TPSA) is 91.1 Å². The predicted molar refractivity (Wildman–Crippen MR) is 105 cm³/mol. The number of aromatic nitrogens is 1. The van der Waals surface area contributed by atoms with Gasteiger partial charge in [-0.3, -0.25) is 4.79 Å². The van der Waals surface area contributed by atoms with Gasteiger partial charge < -0.3 is 21.1 Å². The van der Waals surface area contributed by atoms with Gasteiger partial charge in [0.05, 0.1) is 6.10 Å². The molecule has 0 bridgehead atoms. The van der Waals surface area contributed by atoms with Gasteiger partial charge in [0.15, 0.2) is 0 Å². The molecule has 1 heterocycles. The van der Waals surface area contributed by atoms with Crippen LogP contribution in [0.4, 0.5) is 4.39 Å². The maximum absolute atomic E-state index is 13.8. The number of nitrogens with two attached hydrogens (primary N) is 1. The molecular weight excluding hydrogens is 369 g/mol. The van der Waals surface area contributed by atoms with Gasteiger partial charge in [-0.2, -0.15) is 0 Å².